The van der Waals surface area contributed by atoms with E-state index in [1.54, 1.807) is 0 Å². The molecule has 1 rings (SSSR count). The number of aromatic nitrogens is 3. The molecule has 0 saturated heterocycles. The fourth-order valence-electron chi connectivity index (χ4n) is 0.680. The number of nitrogens with one attached hydrogen (secondary N) is 2. The molecule has 0 aliphatic rings. The van der Waals surface area contributed by atoms with Crippen LogP contribution in [0.15, 0.2) is 14.6 Å². The summed E-state index contributed by atoms with van der Waals surface area (Å²) in [6.07, 6.45) is 0. The van der Waals surface area contributed by atoms with Crippen LogP contribution < -0.4 is 11.2 Å². The van der Waals surface area contributed by atoms with Crippen molar-refractivity contribution in [3.8, 4) is 0 Å². The Morgan fingerprint density at radius 3 is 2.69 bits per heavy atom. The van der Waals surface area contributed by atoms with Crippen LogP contribution in [-0.2, 0) is 0 Å². The molecule has 5 nitrogen and oxygen atoms in total. The summed E-state index contributed by atoms with van der Waals surface area (Å²) in [5.41, 5.74) is -0.992. The van der Waals surface area contributed by atoms with Crippen LogP contribution in [0.5, 0.6) is 0 Å². The molecule has 0 aromatic carbocycles. The molecule has 13 heavy (non-hydrogen) atoms. The number of nitrogens with zero attached hydrogens (tertiary/aromatic N) is 1. The molecule has 0 spiro atoms. The molecule has 6 heteroatoms. The zero-order chi connectivity index (χ0) is 9.84. The molecule has 0 atom stereocenters. The van der Waals surface area contributed by atoms with E-state index in [0.717, 1.165) is 5.75 Å². The normalized spacial score (nSPS) is 10.7. The third-order valence-corrected chi connectivity index (χ3v) is 2.62. The van der Waals surface area contributed by atoms with Gasteiger partial charge in [0.15, 0.2) is 5.03 Å². The number of aromatic amines is 2. The summed E-state index contributed by atoms with van der Waals surface area (Å²) in [5.74, 6) is 1.29. The van der Waals surface area contributed by atoms with E-state index in [4.69, 9.17) is 0 Å². The SMILES string of the molecule is CC(C)CSc1n[nH]c(=O)[nH]c1=O. The first-order chi connectivity index (χ1) is 6.09. The summed E-state index contributed by atoms with van der Waals surface area (Å²) < 4.78 is 0. The van der Waals surface area contributed by atoms with Gasteiger partial charge >= 0.3 is 5.69 Å². The zero-order valence-electron chi connectivity index (χ0n) is 7.46. The third-order valence-electron chi connectivity index (χ3n) is 1.23. The van der Waals surface area contributed by atoms with E-state index in [1.165, 1.54) is 11.8 Å². The van der Waals surface area contributed by atoms with Crippen LogP contribution in [0.4, 0.5) is 0 Å². The molecule has 1 aromatic rings. The molecule has 0 bridgehead atoms. The molecule has 0 amide bonds. The van der Waals surface area contributed by atoms with Crippen molar-refractivity contribution in [2.75, 3.05) is 5.75 Å². The van der Waals surface area contributed by atoms with Gasteiger partial charge in [-0.25, -0.2) is 9.89 Å². The number of thioether (sulfide) groups is 1. The van der Waals surface area contributed by atoms with Crippen LogP contribution in [0, 0.1) is 5.92 Å². The maximum Gasteiger partial charge on any atom is 0.342 e. The highest BCUT2D eigenvalue weighted by atomic mass is 32.2. The molecule has 72 valence electrons. The molecule has 1 aromatic heterocycles. The summed E-state index contributed by atoms with van der Waals surface area (Å²) in [6, 6.07) is 0. The average molecular weight is 201 g/mol. The van der Waals surface area contributed by atoms with Crippen LogP contribution >= 0.6 is 11.8 Å². The van der Waals surface area contributed by atoms with E-state index in [-0.39, 0.29) is 0 Å². The minimum atomic E-state index is -0.570. The van der Waals surface area contributed by atoms with Crippen molar-refractivity contribution in [3.63, 3.8) is 0 Å². The van der Waals surface area contributed by atoms with E-state index < -0.39 is 11.2 Å². The van der Waals surface area contributed by atoms with Gasteiger partial charge in [-0.3, -0.25) is 9.78 Å². The van der Waals surface area contributed by atoms with E-state index in [1.807, 2.05) is 13.8 Å². The molecule has 0 radical (unpaired) electrons. The minimum Gasteiger partial charge on any atom is -0.271 e. The second kappa shape index (κ2) is 4.27. The second-order valence-corrected chi connectivity index (χ2v) is 4.03. The number of hydrogen-bond donors (Lipinski definition) is 2. The molecule has 0 unspecified atom stereocenters. The number of H-pyrrole nitrogens is 2. The Bertz CT molecular complexity index is 382. The summed E-state index contributed by atoms with van der Waals surface area (Å²) in [6.45, 7) is 4.10. The minimum absolute atomic E-state index is 0.313. The van der Waals surface area contributed by atoms with Gasteiger partial charge in [0, 0.05) is 5.75 Å². The predicted octanol–water partition coefficient (Wildman–Crippen LogP) is 0.206. The summed E-state index contributed by atoms with van der Waals surface area (Å²) in [7, 11) is 0. The molecule has 2 N–H and O–H groups in total. The lowest BCUT2D eigenvalue weighted by Gasteiger charge is -2.00. The van der Waals surface area contributed by atoms with Crippen LogP contribution in [0.25, 0.3) is 0 Å². The Morgan fingerprint density at radius 2 is 2.15 bits per heavy atom. The first kappa shape index (κ1) is 10.0. The maximum absolute atomic E-state index is 11.1. The quantitative estimate of drug-likeness (QED) is 0.685. The highest BCUT2D eigenvalue weighted by Crippen LogP contribution is 2.12. The van der Waals surface area contributed by atoms with Gasteiger partial charge in [-0.15, -0.1) is 0 Å². The van der Waals surface area contributed by atoms with Crippen LogP contribution in [0.2, 0.25) is 0 Å². The molecule has 0 fully saturated rings. The van der Waals surface area contributed by atoms with Gasteiger partial charge < -0.3 is 0 Å². The highest BCUT2D eigenvalue weighted by molar-refractivity contribution is 7.99. The van der Waals surface area contributed by atoms with Crippen molar-refractivity contribution in [2.24, 2.45) is 5.92 Å². The first-order valence-electron chi connectivity index (χ1n) is 3.91. The number of rotatable bonds is 3. The zero-order valence-corrected chi connectivity index (χ0v) is 8.27. The van der Waals surface area contributed by atoms with Crippen LogP contribution in [0.1, 0.15) is 13.8 Å². The Morgan fingerprint density at radius 1 is 1.46 bits per heavy atom. The predicted molar refractivity (Wildman–Crippen MR) is 51.0 cm³/mol. The van der Waals surface area contributed by atoms with Crippen molar-refractivity contribution in [1.82, 2.24) is 15.2 Å². The van der Waals surface area contributed by atoms with Gasteiger partial charge in [0.1, 0.15) is 0 Å². The van der Waals surface area contributed by atoms with Crippen molar-refractivity contribution in [1.29, 1.82) is 0 Å². The maximum atomic E-state index is 11.1. The molecule has 0 saturated carbocycles. The molecule has 0 aliphatic heterocycles. The van der Waals surface area contributed by atoms with Crippen molar-refractivity contribution >= 4 is 11.8 Å². The van der Waals surface area contributed by atoms with Gasteiger partial charge in [0.25, 0.3) is 5.56 Å². The van der Waals surface area contributed by atoms with Gasteiger partial charge in [-0.1, -0.05) is 25.6 Å². The lowest BCUT2D eigenvalue weighted by molar-refractivity contribution is 0.744. The average Bonchev–Trinajstić information content (AvgIpc) is 2.02. The molecular weight excluding hydrogens is 190 g/mol. The van der Waals surface area contributed by atoms with Crippen molar-refractivity contribution in [2.45, 2.75) is 18.9 Å². The summed E-state index contributed by atoms with van der Waals surface area (Å²) >= 11 is 1.34. The van der Waals surface area contributed by atoms with Crippen molar-refractivity contribution in [3.05, 3.63) is 20.8 Å². The largest absolute Gasteiger partial charge is 0.342 e. The second-order valence-electron chi connectivity index (χ2n) is 3.02. The van der Waals surface area contributed by atoms with Gasteiger partial charge in [-0.2, -0.15) is 5.10 Å². The first-order valence-corrected chi connectivity index (χ1v) is 4.90. The van der Waals surface area contributed by atoms with Gasteiger partial charge in [0.2, 0.25) is 0 Å². The smallest absolute Gasteiger partial charge is 0.271 e. The molecule has 0 aliphatic carbocycles. The Balaban J connectivity index is 2.79. The van der Waals surface area contributed by atoms with E-state index in [0.29, 0.717) is 10.9 Å². The monoisotopic (exact) mass is 201 g/mol. The van der Waals surface area contributed by atoms with Crippen LogP contribution in [0.3, 0.4) is 0 Å². The molecule has 1 heterocycles. The standard InChI is InChI=1S/C7H11N3O2S/c1-4(2)3-13-6-5(11)8-7(12)10-9-6/h4H,3H2,1-2H3,(H2,8,10,11,12). The highest BCUT2D eigenvalue weighted by Gasteiger charge is 2.03. The molecular formula is C7H11N3O2S. The van der Waals surface area contributed by atoms with E-state index in [9.17, 15) is 9.59 Å². The third kappa shape index (κ3) is 3.06. The summed E-state index contributed by atoms with van der Waals surface area (Å²) in [5, 5.41) is 6.13. The number of hydrogen-bond acceptors (Lipinski definition) is 4. The fourth-order valence-corrected chi connectivity index (χ4v) is 1.46. The van der Waals surface area contributed by atoms with Crippen LogP contribution in [-0.4, -0.2) is 20.9 Å². The van der Waals surface area contributed by atoms with Gasteiger partial charge in [-0.05, 0) is 5.92 Å². The lowest BCUT2D eigenvalue weighted by atomic mass is 10.3. The lowest BCUT2D eigenvalue weighted by Crippen LogP contribution is -2.25. The Kier molecular flexibility index (Phi) is 3.30. The Hall–Kier alpha value is -1.04. The fraction of sp³-hybridized carbons (Fsp3) is 0.571. The van der Waals surface area contributed by atoms with Crippen molar-refractivity contribution < 1.29 is 0 Å². The Labute approximate surface area is 79.0 Å². The van der Waals surface area contributed by atoms with E-state index in [2.05, 4.69) is 15.2 Å². The topological polar surface area (TPSA) is 78.6 Å². The summed E-state index contributed by atoms with van der Waals surface area (Å²) in [4.78, 5) is 23.8. The van der Waals surface area contributed by atoms with Gasteiger partial charge in [0.05, 0.1) is 0 Å². The van der Waals surface area contributed by atoms with E-state index >= 15 is 0 Å².